The molecule has 2 nitrogen and oxygen atoms in total. The largest absolute Gasteiger partial charge is 0.489 e. The van der Waals surface area contributed by atoms with Gasteiger partial charge in [-0.3, -0.25) is 0 Å². The van der Waals surface area contributed by atoms with Crippen LogP contribution in [0.4, 0.5) is 8.78 Å². The van der Waals surface area contributed by atoms with Gasteiger partial charge in [0.15, 0.2) is 0 Å². The van der Waals surface area contributed by atoms with E-state index in [2.05, 4.69) is 5.32 Å². The van der Waals surface area contributed by atoms with Crippen LogP contribution < -0.4 is 10.1 Å². The standard InChI is InChI=1S/C21H17F2NOS/c22-18-8-4-15(5-9-18)13-24-21(26)17-2-1-3-20(12-17)25-14-16-6-10-19(23)11-7-16/h1-12H,13-14H2,(H,24,26). The quantitative estimate of drug-likeness (QED) is 0.617. The second-order valence-electron chi connectivity index (χ2n) is 5.75. The predicted molar refractivity (Wildman–Crippen MR) is 102 cm³/mol. The third-order valence-electron chi connectivity index (χ3n) is 3.78. The molecule has 5 heteroatoms. The molecule has 0 heterocycles. The zero-order chi connectivity index (χ0) is 18.4. The predicted octanol–water partition coefficient (Wildman–Crippen LogP) is 5.01. The molecule has 3 aromatic carbocycles. The first-order valence-electron chi connectivity index (χ1n) is 8.10. The molecule has 0 spiro atoms. The average Bonchev–Trinajstić information content (AvgIpc) is 2.67. The molecule has 26 heavy (non-hydrogen) atoms. The van der Waals surface area contributed by atoms with E-state index in [1.54, 1.807) is 24.3 Å². The van der Waals surface area contributed by atoms with Crippen LogP contribution >= 0.6 is 12.2 Å². The molecular weight excluding hydrogens is 352 g/mol. The molecule has 0 saturated heterocycles. The summed E-state index contributed by atoms with van der Waals surface area (Å²) in [4.78, 5) is 0.585. The summed E-state index contributed by atoms with van der Waals surface area (Å²) in [5, 5.41) is 3.15. The summed E-state index contributed by atoms with van der Waals surface area (Å²) in [6.07, 6.45) is 0. The summed E-state index contributed by atoms with van der Waals surface area (Å²) in [6.45, 7) is 0.860. The van der Waals surface area contributed by atoms with E-state index in [-0.39, 0.29) is 11.6 Å². The number of rotatable bonds is 6. The maximum atomic E-state index is 12.9. The van der Waals surface area contributed by atoms with Crippen molar-refractivity contribution in [3.63, 3.8) is 0 Å². The summed E-state index contributed by atoms with van der Waals surface area (Å²) in [5.41, 5.74) is 2.66. The van der Waals surface area contributed by atoms with Gasteiger partial charge in [-0.05, 0) is 47.5 Å². The van der Waals surface area contributed by atoms with Gasteiger partial charge in [0, 0.05) is 12.1 Å². The third kappa shape index (κ3) is 5.10. The van der Waals surface area contributed by atoms with Gasteiger partial charge >= 0.3 is 0 Å². The fraction of sp³-hybridized carbons (Fsp3) is 0.0952. The summed E-state index contributed by atoms with van der Waals surface area (Å²) in [7, 11) is 0. The van der Waals surface area contributed by atoms with Gasteiger partial charge in [-0.2, -0.15) is 0 Å². The maximum Gasteiger partial charge on any atom is 0.123 e. The molecule has 0 unspecified atom stereocenters. The molecule has 0 aliphatic rings. The normalized spacial score (nSPS) is 10.4. The molecule has 0 bridgehead atoms. The van der Waals surface area contributed by atoms with E-state index < -0.39 is 0 Å². The Labute approximate surface area is 156 Å². The van der Waals surface area contributed by atoms with E-state index in [1.807, 2.05) is 24.3 Å². The Hall–Kier alpha value is -2.79. The van der Waals surface area contributed by atoms with Crippen LogP contribution in [-0.2, 0) is 13.2 Å². The Morgan fingerprint density at radius 3 is 2.12 bits per heavy atom. The van der Waals surface area contributed by atoms with Gasteiger partial charge in [0.05, 0.1) is 0 Å². The lowest BCUT2D eigenvalue weighted by molar-refractivity contribution is 0.306. The number of thiocarbonyl (C=S) groups is 1. The molecule has 0 saturated carbocycles. The van der Waals surface area contributed by atoms with Crippen molar-refractivity contribution in [3.8, 4) is 5.75 Å². The van der Waals surface area contributed by atoms with Crippen molar-refractivity contribution in [1.29, 1.82) is 0 Å². The Balaban J connectivity index is 1.58. The lowest BCUT2D eigenvalue weighted by Gasteiger charge is -2.11. The first-order chi connectivity index (χ1) is 12.6. The van der Waals surface area contributed by atoms with E-state index in [4.69, 9.17) is 17.0 Å². The van der Waals surface area contributed by atoms with Crippen LogP contribution in [0.15, 0.2) is 72.8 Å². The van der Waals surface area contributed by atoms with Crippen molar-refractivity contribution in [2.75, 3.05) is 0 Å². The zero-order valence-corrected chi connectivity index (χ0v) is 14.7. The highest BCUT2D eigenvalue weighted by Gasteiger charge is 2.04. The number of halogens is 2. The third-order valence-corrected chi connectivity index (χ3v) is 4.16. The first kappa shape index (κ1) is 18.0. The average molecular weight is 369 g/mol. The van der Waals surface area contributed by atoms with E-state index in [0.29, 0.717) is 23.9 Å². The number of hydrogen-bond donors (Lipinski definition) is 1. The highest BCUT2D eigenvalue weighted by molar-refractivity contribution is 7.80. The topological polar surface area (TPSA) is 21.3 Å². The Bertz CT molecular complexity index is 879. The minimum atomic E-state index is -0.270. The molecule has 0 atom stereocenters. The molecule has 0 fully saturated rings. The van der Waals surface area contributed by atoms with Gasteiger partial charge in [-0.15, -0.1) is 0 Å². The molecule has 0 aliphatic heterocycles. The van der Waals surface area contributed by atoms with Crippen molar-refractivity contribution in [1.82, 2.24) is 5.32 Å². The Morgan fingerprint density at radius 2 is 1.46 bits per heavy atom. The summed E-state index contributed by atoms with van der Waals surface area (Å²) in [6, 6.07) is 19.9. The Morgan fingerprint density at radius 1 is 0.846 bits per heavy atom. The van der Waals surface area contributed by atoms with Gasteiger partial charge in [0.1, 0.15) is 29.0 Å². The monoisotopic (exact) mass is 369 g/mol. The SMILES string of the molecule is Fc1ccc(CNC(=S)c2cccc(OCc3ccc(F)cc3)c2)cc1. The fourth-order valence-corrected chi connectivity index (χ4v) is 2.56. The highest BCUT2D eigenvalue weighted by atomic mass is 32.1. The minimum Gasteiger partial charge on any atom is -0.489 e. The molecule has 1 N–H and O–H groups in total. The highest BCUT2D eigenvalue weighted by Crippen LogP contribution is 2.16. The van der Waals surface area contributed by atoms with Crippen LogP contribution in [-0.4, -0.2) is 4.99 Å². The van der Waals surface area contributed by atoms with Crippen LogP contribution in [0.5, 0.6) is 5.75 Å². The summed E-state index contributed by atoms with van der Waals surface area (Å²) in [5.74, 6) is 0.147. The first-order valence-corrected chi connectivity index (χ1v) is 8.51. The lowest BCUT2D eigenvalue weighted by atomic mass is 10.2. The molecule has 3 rings (SSSR count). The number of hydrogen-bond acceptors (Lipinski definition) is 2. The summed E-state index contributed by atoms with van der Waals surface area (Å²) < 4.78 is 31.6. The van der Waals surface area contributed by atoms with Crippen LogP contribution in [0.1, 0.15) is 16.7 Å². The van der Waals surface area contributed by atoms with Crippen LogP contribution in [0.2, 0.25) is 0 Å². The van der Waals surface area contributed by atoms with Gasteiger partial charge in [0.2, 0.25) is 0 Å². The van der Waals surface area contributed by atoms with Crippen molar-refractivity contribution in [2.45, 2.75) is 13.2 Å². The summed E-state index contributed by atoms with van der Waals surface area (Å²) >= 11 is 5.41. The maximum absolute atomic E-state index is 12.9. The second-order valence-corrected chi connectivity index (χ2v) is 6.16. The van der Waals surface area contributed by atoms with E-state index in [1.165, 1.54) is 24.3 Å². The van der Waals surface area contributed by atoms with Gasteiger partial charge in [0.25, 0.3) is 0 Å². The van der Waals surface area contributed by atoms with Gasteiger partial charge < -0.3 is 10.1 Å². The van der Waals surface area contributed by atoms with Crippen LogP contribution in [0.25, 0.3) is 0 Å². The van der Waals surface area contributed by atoms with Crippen molar-refractivity contribution >= 4 is 17.2 Å². The van der Waals surface area contributed by atoms with Gasteiger partial charge in [-0.1, -0.05) is 48.6 Å². The lowest BCUT2D eigenvalue weighted by Crippen LogP contribution is -2.21. The smallest absolute Gasteiger partial charge is 0.123 e. The van der Waals surface area contributed by atoms with Crippen molar-refractivity contribution < 1.29 is 13.5 Å². The molecule has 132 valence electrons. The molecule has 0 radical (unpaired) electrons. The molecular formula is C21H17F2NOS. The zero-order valence-electron chi connectivity index (χ0n) is 13.9. The van der Waals surface area contributed by atoms with Crippen molar-refractivity contribution in [3.05, 3.63) is 101 Å². The van der Waals surface area contributed by atoms with Crippen LogP contribution in [0.3, 0.4) is 0 Å². The Kier molecular flexibility index (Phi) is 5.92. The molecule has 3 aromatic rings. The van der Waals surface area contributed by atoms with E-state index >= 15 is 0 Å². The molecule has 0 amide bonds. The number of nitrogens with one attached hydrogen (secondary N) is 1. The van der Waals surface area contributed by atoms with Crippen molar-refractivity contribution in [2.24, 2.45) is 0 Å². The van der Waals surface area contributed by atoms with E-state index in [0.717, 1.165) is 16.7 Å². The molecule has 0 aromatic heterocycles. The minimum absolute atomic E-state index is 0.262. The molecule has 0 aliphatic carbocycles. The van der Waals surface area contributed by atoms with Gasteiger partial charge in [-0.25, -0.2) is 8.78 Å². The number of benzene rings is 3. The fourth-order valence-electron chi connectivity index (χ4n) is 2.36. The van der Waals surface area contributed by atoms with E-state index in [9.17, 15) is 8.78 Å². The number of ether oxygens (including phenoxy) is 1. The second kappa shape index (κ2) is 8.54. The van der Waals surface area contributed by atoms with Crippen LogP contribution in [0, 0.1) is 11.6 Å².